The van der Waals surface area contributed by atoms with E-state index in [-0.39, 0.29) is 11.5 Å². The normalized spacial score (nSPS) is 37.6. The zero-order chi connectivity index (χ0) is 12.6. The number of nitrogens with zero attached hydrogens (tertiary/aromatic N) is 1. The van der Waals surface area contributed by atoms with Gasteiger partial charge in [-0.15, -0.1) is 0 Å². The standard InChI is InChI=1S/C14H24N2O2/c17-12-4-7-16(8-5-12)13(18)14-6-2-1-3-11(14)9-15-10-14/h11-12,15,17H,1-10H2/t11-,14+/m0/s1. The second kappa shape index (κ2) is 4.82. The Labute approximate surface area is 109 Å². The summed E-state index contributed by atoms with van der Waals surface area (Å²) in [5, 5.41) is 13.0. The topological polar surface area (TPSA) is 52.6 Å². The van der Waals surface area contributed by atoms with E-state index in [0.717, 1.165) is 45.4 Å². The highest BCUT2D eigenvalue weighted by Crippen LogP contribution is 2.45. The van der Waals surface area contributed by atoms with Crippen LogP contribution in [0.5, 0.6) is 0 Å². The van der Waals surface area contributed by atoms with Crippen molar-refractivity contribution in [1.82, 2.24) is 10.2 Å². The number of nitrogens with one attached hydrogen (secondary N) is 1. The number of carbonyl (C=O) groups is 1. The minimum atomic E-state index is -0.199. The first kappa shape index (κ1) is 12.4. The van der Waals surface area contributed by atoms with Crippen molar-refractivity contribution in [2.45, 2.75) is 44.6 Å². The van der Waals surface area contributed by atoms with Gasteiger partial charge in [0.05, 0.1) is 11.5 Å². The Morgan fingerprint density at radius 1 is 1.22 bits per heavy atom. The number of likely N-dealkylation sites (tertiary alicyclic amines) is 1. The molecule has 4 nitrogen and oxygen atoms in total. The van der Waals surface area contributed by atoms with Crippen LogP contribution in [0.3, 0.4) is 0 Å². The van der Waals surface area contributed by atoms with Gasteiger partial charge in [0.2, 0.25) is 5.91 Å². The summed E-state index contributed by atoms with van der Waals surface area (Å²) in [5.74, 6) is 0.912. The van der Waals surface area contributed by atoms with Crippen LogP contribution in [0, 0.1) is 11.3 Å². The van der Waals surface area contributed by atoms with Gasteiger partial charge in [-0.1, -0.05) is 12.8 Å². The Kier molecular flexibility index (Phi) is 3.32. The predicted molar refractivity (Wildman–Crippen MR) is 69.1 cm³/mol. The summed E-state index contributed by atoms with van der Waals surface area (Å²) in [6, 6.07) is 0. The number of piperidine rings is 1. The lowest BCUT2D eigenvalue weighted by atomic mass is 9.67. The van der Waals surface area contributed by atoms with Gasteiger partial charge in [-0.25, -0.2) is 0 Å². The molecule has 0 aromatic carbocycles. The molecule has 18 heavy (non-hydrogen) atoms. The average molecular weight is 252 g/mol. The summed E-state index contributed by atoms with van der Waals surface area (Å²) in [5.41, 5.74) is -0.111. The first-order valence-electron chi connectivity index (χ1n) is 7.40. The van der Waals surface area contributed by atoms with Gasteiger partial charge in [-0.3, -0.25) is 4.79 Å². The average Bonchev–Trinajstić information content (AvgIpc) is 2.83. The summed E-state index contributed by atoms with van der Waals surface area (Å²) >= 11 is 0. The molecule has 2 atom stereocenters. The van der Waals surface area contributed by atoms with Crippen LogP contribution in [-0.2, 0) is 4.79 Å². The van der Waals surface area contributed by atoms with E-state index in [4.69, 9.17) is 0 Å². The molecule has 0 unspecified atom stereocenters. The number of aliphatic hydroxyl groups excluding tert-OH is 1. The Morgan fingerprint density at radius 2 is 2.00 bits per heavy atom. The van der Waals surface area contributed by atoms with E-state index in [2.05, 4.69) is 5.32 Å². The molecule has 1 amide bonds. The van der Waals surface area contributed by atoms with Crippen LogP contribution < -0.4 is 5.32 Å². The van der Waals surface area contributed by atoms with Crippen molar-refractivity contribution in [3.05, 3.63) is 0 Å². The molecule has 0 radical (unpaired) electrons. The monoisotopic (exact) mass is 252 g/mol. The van der Waals surface area contributed by atoms with Crippen LogP contribution in [0.4, 0.5) is 0 Å². The fourth-order valence-electron chi connectivity index (χ4n) is 4.05. The van der Waals surface area contributed by atoms with Crippen molar-refractivity contribution in [2.24, 2.45) is 11.3 Å². The van der Waals surface area contributed by atoms with Crippen LogP contribution in [0.15, 0.2) is 0 Å². The molecule has 1 aliphatic carbocycles. The highest BCUT2D eigenvalue weighted by molar-refractivity contribution is 5.84. The lowest BCUT2D eigenvalue weighted by molar-refractivity contribution is -0.147. The SMILES string of the molecule is O=C(N1CCC(O)CC1)[C@@]12CCCC[C@H]1CNC2. The first-order valence-corrected chi connectivity index (χ1v) is 7.40. The Hall–Kier alpha value is -0.610. The third-order valence-electron chi connectivity index (χ3n) is 5.22. The quantitative estimate of drug-likeness (QED) is 0.724. The molecule has 3 rings (SSSR count). The molecule has 2 heterocycles. The fraction of sp³-hybridized carbons (Fsp3) is 0.929. The number of fused-ring (bicyclic) bond motifs is 1. The van der Waals surface area contributed by atoms with Gasteiger partial charge in [0.25, 0.3) is 0 Å². The highest BCUT2D eigenvalue weighted by Gasteiger charge is 2.51. The maximum Gasteiger partial charge on any atom is 0.230 e. The van der Waals surface area contributed by atoms with Crippen LogP contribution in [0.2, 0.25) is 0 Å². The van der Waals surface area contributed by atoms with E-state index in [9.17, 15) is 9.90 Å². The van der Waals surface area contributed by atoms with Gasteiger partial charge in [-0.2, -0.15) is 0 Å². The fourth-order valence-corrected chi connectivity index (χ4v) is 4.05. The van der Waals surface area contributed by atoms with E-state index in [1.807, 2.05) is 4.90 Å². The molecule has 0 bridgehead atoms. The largest absolute Gasteiger partial charge is 0.393 e. The van der Waals surface area contributed by atoms with Crippen molar-refractivity contribution in [3.8, 4) is 0 Å². The molecule has 1 saturated carbocycles. The maximum atomic E-state index is 12.9. The number of hydrogen-bond donors (Lipinski definition) is 2. The molecule has 3 fully saturated rings. The number of amides is 1. The molecular weight excluding hydrogens is 228 g/mol. The number of hydrogen-bond acceptors (Lipinski definition) is 3. The van der Waals surface area contributed by atoms with Crippen LogP contribution >= 0.6 is 0 Å². The van der Waals surface area contributed by atoms with E-state index in [0.29, 0.717) is 11.8 Å². The van der Waals surface area contributed by atoms with Gasteiger partial charge in [0.15, 0.2) is 0 Å². The lowest BCUT2D eigenvalue weighted by Crippen LogP contribution is -2.52. The second-order valence-electron chi connectivity index (χ2n) is 6.25. The molecule has 2 aliphatic heterocycles. The van der Waals surface area contributed by atoms with Crippen molar-refractivity contribution in [2.75, 3.05) is 26.2 Å². The molecule has 0 aromatic rings. The van der Waals surface area contributed by atoms with Gasteiger partial charge >= 0.3 is 0 Å². The minimum absolute atomic E-state index is 0.111. The third kappa shape index (κ3) is 1.95. The zero-order valence-electron chi connectivity index (χ0n) is 11.0. The van der Waals surface area contributed by atoms with Gasteiger partial charge < -0.3 is 15.3 Å². The second-order valence-corrected chi connectivity index (χ2v) is 6.25. The highest BCUT2D eigenvalue weighted by atomic mass is 16.3. The minimum Gasteiger partial charge on any atom is -0.393 e. The van der Waals surface area contributed by atoms with Crippen LogP contribution in [0.1, 0.15) is 38.5 Å². The number of carbonyl (C=O) groups excluding carboxylic acids is 1. The molecular formula is C14H24N2O2. The maximum absolute atomic E-state index is 12.9. The molecule has 102 valence electrons. The molecule has 2 saturated heterocycles. The predicted octanol–water partition coefficient (Wildman–Crippen LogP) is 0.749. The molecule has 2 N–H and O–H groups in total. The van der Waals surface area contributed by atoms with E-state index < -0.39 is 0 Å². The lowest BCUT2D eigenvalue weighted by Gasteiger charge is -2.42. The first-order chi connectivity index (χ1) is 8.72. The zero-order valence-corrected chi connectivity index (χ0v) is 11.0. The summed E-state index contributed by atoms with van der Waals surface area (Å²) in [6.45, 7) is 3.38. The number of aliphatic hydroxyl groups is 1. The van der Waals surface area contributed by atoms with E-state index in [1.54, 1.807) is 0 Å². The summed E-state index contributed by atoms with van der Waals surface area (Å²) in [4.78, 5) is 14.9. The Morgan fingerprint density at radius 3 is 2.78 bits per heavy atom. The van der Waals surface area contributed by atoms with Crippen molar-refractivity contribution >= 4 is 5.91 Å². The summed E-state index contributed by atoms with van der Waals surface area (Å²) in [6.07, 6.45) is 6.04. The van der Waals surface area contributed by atoms with Gasteiger partial charge in [0, 0.05) is 19.6 Å². The van der Waals surface area contributed by atoms with Crippen molar-refractivity contribution in [1.29, 1.82) is 0 Å². The van der Waals surface area contributed by atoms with Crippen LogP contribution in [0.25, 0.3) is 0 Å². The Bertz CT molecular complexity index is 326. The summed E-state index contributed by atoms with van der Waals surface area (Å²) in [7, 11) is 0. The van der Waals surface area contributed by atoms with Gasteiger partial charge in [0.1, 0.15) is 0 Å². The van der Waals surface area contributed by atoms with E-state index in [1.165, 1.54) is 19.3 Å². The van der Waals surface area contributed by atoms with Crippen molar-refractivity contribution < 1.29 is 9.90 Å². The van der Waals surface area contributed by atoms with Crippen molar-refractivity contribution in [3.63, 3.8) is 0 Å². The molecule has 3 aliphatic rings. The smallest absolute Gasteiger partial charge is 0.230 e. The molecule has 0 aromatic heterocycles. The van der Waals surface area contributed by atoms with Gasteiger partial charge in [-0.05, 0) is 38.1 Å². The van der Waals surface area contributed by atoms with E-state index >= 15 is 0 Å². The number of rotatable bonds is 1. The third-order valence-corrected chi connectivity index (χ3v) is 5.22. The van der Waals surface area contributed by atoms with Crippen LogP contribution in [-0.4, -0.2) is 48.2 Å². The molecule has 4 heteroatoms. The summed E-state index contributed by atoms with van der Waals surface area (Å²) < 4.78 is 0. The molecule has 0 spiro atoms. The Balaban J connectivity index is 1.74.